The first-order valence-corrected chi connectivity index (χ1v) is 10.4. The fraction of sp³-hybridized carbons (Fsp3) is 0.304. The smallest absolute Gasteiger partial charge is 0.317 e. The molecular weight excluding hydrogens is 428 g/mol. The molecule has 0 radical (unpaired) electrons. The number of rotatable bonds is 14. The highest BCUT2D eigenvalue weighted by Gasteiger charge is 2.19. The quantitative estimate of drug-likeness (QED) is 0.326. The molecule has 0 aromatic heterocycles. The Morgan fingerprint density at radius 1 is 0.667 bits per heavy atom. The number of hydrogen-bond donors (Lipinski definition) is 4. The lowest BCUT2D eigenvalue weighted by Crippen LogP contribution is -2.45. The van der Waals surface area contributed by atoms with E-state index in [1.807, 2.05) is 30.3 Å². The molecule has 10 nitrogen and oxygen atoms in total. The SMILES string of the molecule is O=C(O)CN(CCN(CC(=O)O)CC(=O)Nc1ccccc1)CC(=O)NCc1ccccc1. The molecule has 0 bridgehead atoms. The van der Waals surface area contributed by atoms with Crippen LogP contribution in [0.2, 0.25) is 0 Å². The number of anilines is 1. The number of carbonyl (C=O) groups excluding carboxylic acids is 2. The van der Waals surface area contributed by atoms with E-state index in [-0.39, 0.29) is 32.1 Å². The van der Waals surface area contributed by atoms with E-state index in [2.05, 4.69) is 10.6 Å². The number of hydrogen-bond acceptors (Lipinski definition) is 6. The Bertz CT molecular complexity index is 923. The Morgan fingerprint density at radius 3 is 1.67 bits per heavy atom. The van der Waals surface area contributed by atoms with E-state index >= 15 is 0 Å². The molecule has 0 fully saturated rings. The summed E-state index contributed by atoms with van der Waals surface area (Å²) in [5.74, 6) is -2.98. The molecule has 33 heavy (non-hydrogen) atoms. The first-order chi connectivity index (χ1) is 15.8. The van der Waals surface area contributed by atoms with Gasteiger partial charge in [0, 0.05) is 25.3 Å². The molecule has 2 rings (SSSR count). The van der Waals surface area contributed by atoms with Crippen LogP contribution in [0.4, 0.5) is 5.69 Å². The zero-order valence-corrected chi connectivity index (χ0v) is 18.1. The minimum atomic E-state index is -1.12. The molecule has 0 atom stereocenters. The number of amides is 2. The molecule has 0 aliphatic rings. The summed E-state index contributed by atoms with van der Waals surface area (Å²) in [5.41, 5.74) is 1.49. The zero-order chi connectivity index (χ0) is 24.1. The molecule has 2 aromatic rings. The lowest BCUT2D eigenvalue weighted by atomic mass is 10.2. The van der Waals surface area contributed by atoms with Gasteiger partial charge in [0.1, 0.15) is 0 Å². The van der Waals surface area contributed by atoms with Crippen LogP contribution in [0.25, 0.3) is 0 Å². The fourth-order valence-corrected chi connectivity index (χ4v) is 3.07. The molecule has 4 N–H and O–H groups in total. The number of nitrogens with one attached hydrogen (secondary N) is 2. The van der Waals surface area contributed by atoms with Crippen molar-refractivity contribution in [2.75, 3.05) is 44.6 Å². The van der Waals surface area contributed by atoms with Gasteiger partial charge < -0.3 is 20.8 Å². The predicted molar refractivity (Wildman–Crippen MR) is 122 cm³/mol. The molecule has 10 heteroatoms. The van der Waals surface area contributed by atoms with Crippen LogP contribution < -0.4 is 10.6 Å². The second kappa shape index (κ2) is 13.6. The summed E-state index contributed by atoms with van der Waals surface area (Å²) in [6.45, 7) is -0.659. The Kier molecular flexibility index (Phi) is 10.5. The van der Waals surface area contributed by atoms with Crippen LogP contribution >= 0.6 is 0 Å². The molecule has 0 aliphatic carbocycles. The van der Waals surface area contributed by atoms with Crippen LogP contribution in [0.3, 0.4) is 0 Å². The number of para-hydroxylation sites is 1. The lowest BCUT2D eigenvalue weighted by molar-refractivity contribution is -0.141. The summed E-state index contributed by atoms with van der Waals surface area (Å²) in [5, 5.41) is 23.8. The van der Waals surface area contributed by atoms with E-state index in [4.69, 9.17) is 0 Å². The normalized spacial score (nSPS) is 10.7. The van der Waals surface area contributed by atoms with E-state index in [1.165, 1.54) is 9.80 Å². The standard InChI is InChI=1S/C23H28N4O6/c28-20(24-13-18-7-3-1-4-8-18)14-26(16-22(30)31)11-12-27(17-23(32)33)15-21(29)25-19-9-5-2-6-10-19/h1-10H,11-17H2,(H,24,28)(H,25,29)(H,30,31)(H,32,33). The first-order valence-electron chi connectivity index (χ1n) is 10.4. The van der Waals surface area contributed by atoms with E-state index in [1.54, 1.807) is 30.3 Å². The van der Waals surface area contributed by atoms with Crippen molar-refractivity contribution in [3.8, 4) is 0 Å². The lowest BCUT2D eigenvalue weighted by Gasteiger charge is -2.25. The van der Waals surface area contributed by atoms with Gasteiger partial charge in [-0.05, 0) is 17.7 Å². The second-order valence-corrected chi connectivity index (χ2v) is 7.39. The Hall–Kier alpha value is -3.76. The van der Waals surface area contributed by atoms with Gasteiger partial charge in [0.05, 0.1) is 26.2 Å². The summed E-state index contributed by atoms with van der Waals surface area (Å²) in [7, 11) is 0. The summed E-state index contributed by atoms with van der Waals surface area (Å²) in [4.78, 5) is 49.8. The Balaban J connectivity index is 1.90. The van der Waals surface area contributed by atoms with Crippen LogP contribution in [-0.4, -0.2) is 83.0 Å². The van der Waals surface area contributed by atoms with Gasteiger partial charge >= 0.3 is 11.9 Å². The molecule has 2 aromatic carbocycles. The van der Waals surface area contributed by atoms with Gasteiger partial charge in [-0.1, -0.05) is 48.5 Å². The predicted octanol–water partition coefficient (Wildman–Crippen LogP) is 0.715. The van der Waals surface area contributed by atoms with Gasteiger partial charge in [0.25, 0.3) is 0 Å². The summed E-state index contributed by atoms with van der Waals surface area (Å²) in [6.07, 6.45) is 0. The van der Waals surface area contributed by atoms with Crippen molar-refractivity contribution in [3.05, 3.63) is 66.2 Å². The third kappa shape index (κ3) is 10.9. The Labute approximate surface area is 191 Å². The van der Waals surface area contributed by atoms with Gasteiger partial charge in [-0.2, -0.15) is 0 Å². The van der Waals surface area contributed by atoms with Crippen LogP contribution in [0.1, 0.15) is 5.56 Å². The Morgan fingerprint density at radius 2 is 1.15 bits per heavy atom. The van der Waals surface area contributed by atoms with E-state index in [0.29, 0.717) is 12.2 Å². The highest BCUT2D eigenvalue weighted by molar-refractivity contribution is 5.92. The van der Waals surface area contributed by atoms with E-state index in [0.717, 1.165) is 5.56 Å². The highest BCUT2D eigenvalue weighted by Crippen LogP contribution is 2.05. The number of benzene rings is 2. The van der Waals surface area contributed by atoms with Gasteiger partial charge in [-0.15, -0.1) is 0 Å². The number of carboxylic acids is 2. The minimum absolute atomic E-state index is 0.0910. The minimum Gasteiger partial charge on any atom is -0.480 e. The van der Waals surface area contributed by atoms with Gasteiger partial charge in [0.15, 0.2) is 0 Å². The number of carbonyl (C=O) groups is 4. The van der Waals surface area contributed by atoms with Gasteiger partial charge in [-0.3, -0.25) is 29.0 Å². The molecule has 0 saturated heterocycles. The topological polar surface area (TPSA) is 139 Å². The van der Waals surface area contributed by atoms with Crippen LogP contribution in [0, 0.1) is 0 Å². The van der Waals surface area contributed by atoms with Crippen LogP contribution in [0.15, 0.2) is 60.7 Å². The highest BCUT2D eigenvalue weighted by atomic mass is 16.4. The number of nitrogens with zero attached hydrogens (tertiary/aromatic N) is 2. The fourth-order valence-electron chi connectivity index (χ4n) is 3.07. The largest absolute Gasteiger partial charge is 0.480 e. The molecule has 0 spiro atoms. The van der Waals surface area contributed by atoms with Crippen molar-refractivity contribution in [3.63, 3.8) is 0 Å². The van der Waals surface area contributed by atoms with Crippen molar-refractivity contribution in [2.45, 2.75) is 6.54 Å². The van der Waals surface area contributed by atoms with Crippen molar-refractivity contribution < 1.29 is 29.4 Å². The molecule has 0 saturated carbocycles. The maximum atomic E-state index is 12.3. The molecule has 176 valence electrons. The maximum absolute atomic E-state index is 12.3. The molecular formula is C23H28N4O6. The first kappa shape index (κ1) is 25.5. The van der Waals surface area contributed by atoms with Crippen LogP contribution in [0.5, 0.6) is 0 Å². The van der Waals surface area contributed by atoms with Crippen molar-refractivity contribution in [1.82, 2.24) is 15.1 Å². The second-order valence-electron chi connectivity index (χ2n) is 7.39. The maximum Gasteiger partial charge on any atom is 0.317 e. The van der Waals surface area contributed by atoms with Crippen molar-refractivity contribution in [2.24, 2.45) is 0 Å². The van der Waals surface area contributed by atoms with Crippen molar-refractivity contribution in [1.29, 1.82) is 0 Å². The van der Waals surface area contributed by atoms with E-state index in [9.17, 15) is 29.4 Å². The average Bonchev–Trinajstić information content (AvgIpc) is 2.76. The van der Waals surface area contributed by atoms with Crippen molar-refractivity contribution >= 4 is 29.4 Å². The molecule has 0 aliphatic heterocycles. The molecule has 2 amide bonds. The number of carboxylic acid groups (broad SMARTS) is 2. The summed E-state index contributed by atoms with van der Waals surface area (Å²) >= 11 is 0. The third-order valence-corrected chi connectivity index (χ3v) is 4.57. The average molecular weight is 456 g/mol. The van der Waals surface area contributed by atoms with Crippen LogP contribution in [-0.2, 0) is 25.7 Å². The zero-order valence-electron chi connectivity index (χ0n) is 18.1. The molecule has 0 unspecified atom stereocenters. The summed E-state index contributed by atoms with van der Waals surface area (Å²) < 4.78 is 0. The van der Waals surface area contributed by atoms with Gasteiger partial charge in [0.2, 0.25) is 11.8 Å². The number of aliphatic carboxylic acids is 2. The third-order valence-electron chi connectivity index (χ3n) is 4.57. The summed E-state index contributed by atoms with van der Waals surface area (Å²) in [6, 6.07) is 18.0. The van der Waals surface area contributed by atoms with Gasteiger partial charge in [-0.25, -0.2) is 0 Å². The van der Waals surface area contributed by atoms with E-state index < -0.39 is 30.9 Å². The molecule has 0 heterocycles. The monoisotopic (exact) mass is 456 g/mol.